The standard InChI is InChI=1S/C13H14N2/c14-9-13(4-5-13)8-10-1-2-12-11(7-10)3-6-15-12/h1-2,7,15H,3-6,8H2. The lowest BCUT2D eigenvalue weighted by Gasteiger charge is -2.07. The predicted octanol–water partition coefficient (Wildman–Crippen LogP) is 2.50. The molecule has 15 heavy (non-hydrogen) atoms. The molecule has 1 aromatic rings. The Hall–Kier alpha value is -1.49. The van der Waals surface area contributed by atoms with Crippen molar-refractivity contribution in [3.05, 3.63) is 29.3 Å². The average Bonchev–Trinajstić information content (AvgIpc) is 2.88. The average molecular weight is 198 g/mol. The largest absolute Gasteiger partial charge is 0.384 e. The molecule has 0 amide bonds. The van der Waals surface area contributed by atoms with Crippen molar-refractivity contribution in [1.82, 2.24) is 0 Å². The molecule has 1 heterocycles. The van der Waals surface area contributed by atoms with Gasteiger partial charge in [-0.3, -0.25) is 0 Å². The van der Waals surface area contributed by atoms with Gasteiger partial charge in [0.1, 0.15) is 0 Å². The lowest BCUT2D eigenvalue weighted by atomic mass is 9.96. The Morgan fingerprint density at radius 3 is 3.00 bits per heavy atom. The van der Waals surface area contributed by atoms with Gasteiger partial charge in [-0.2, -0.15) is 5.26 Å². The highest BCUT2D eigenvalue weighted by Crippen LogP contribution is 2.47. The van der Waals surface area contributed by atoms with E-state index in [9.17, 15) is 0 Å². The number of nitriles is 1. The van der Waals surface area contributed by atoms with E-state index in [1.165, 1.54) is 16.8 Å². The Kier molecular flexibility index (Phi) is 1.76. The Morgan fingerprint density at radius 1 is 1.40 bits per heavy atom. The van der Waals surface area contributed by atoms with Crippen LogP contribution in [-0.4, -0.2) is 6.54 Å². The molecule has 1 aliphatic heterocycles. The molecular weight excluding hydrogens is 184 g/mol. The maximum atomic E-state index is 9.05. The molecule has 2 nitrogen and oxygen atoms in total. The highest BCUT2D eigenvalue weighted by atomic mass is 14.9. The lowest BCUT2D eigenvalue weighted by molar-refractivity contribution is 0.664. The van der Waals surface area contributed by atoms with Gasteiger partial charge in [0.05, 0.1) is 11.5 Å². The molecule has 0 spiro atoms. The minimum absolute atomic E-state index is 0.0136. The van der Waals surface area contributed by atoms with E-state index in [2.05, 4.69) is 29.6 Å². The molecule has 3 rings (SSSR count). The molecular formula is C13H14N2. The second kappa shape index (κ2) is 3.00. The summed E-state index contributed by atoms with van der Waals surface area (Å²) in [4.78, 5) is 0. The van der Waals surface area contributed by atoms with E-state index < -0.39 is 0 Å². The van der Waals surface area contributed by atoms with Crippen LogP contribution in [0.4, 0.5) is 5.69 Å². The Morgan fingerprint density at radius 2 is 2.27 bits per heavy atom. The molecule has 0 saturated heterocycles. The zero-order valence-corrected chi connectivity index (χ0v) is 8.71. The molecule has 1 fully saturated rings. The van der Waals surface area contributed by atoms with Gasteiger partial charge >= 0.3 is 0 Å². The van der Waals surface area contributed by atoms with Crippen molar-refractivity contribution in [2.45, 2.75) is 25.7 Å². The number of benzene rings is 1. The number of hydrogen-bond acceptors (Lipinski definition) is 2. The molecule has 0 bridgehead atoms. The summed E-state index contributed by atoms with van der Waals surface area (Å²) in [6.45, 7) is 1.06. The van der Waals surface area contributed by atoms with Crippen molar-refractivity contribution < 1.29 is 0 Å². The van der Waals surface area contributed by atoms with E-state index in [1.807, 2.05) is 0 Å². The Bertz CT molecular complexity index is 438. The summed E-state index contributed by atoms with van der Waals surface area (Å²) in [5.74, 6) is 0. The Labute approximate surface area is 89.9 Å². The monoisotopic (exact) mass is 198 g/mol. The summed E-state index contributed by atoms with van der Waals surface area (Å²) in [6.07, 6.45) is 4.23. The molecule has 1 N–H and O–H groups in total. The molecule has 1 saturated carbocycles. The minimum Gasteiger partial charge on any atom is -0.384 e. The number of rotatable bonds is 2. The number of nitrogens with one attached hydrogen (secondary N) is 1. The second-order valence-electron chi connectivity index (χ2n) is 4.74. The summed E-state index contributed by atoms with van der Waals surface area (Å²) in [6, 6.07) is 9.04. The van der Waals surface area contributed by atoms with Gasteiger partial charge < -0.3 is 5.32 Å². The van der Waals surface area contributed by atoms with Gasteiger partial charge in [0, 0.05) is 12.2 Å². The SMILES string of the molecule is N#CC1(Cc2ccc3c(c2)CCN3)CC1. The van der Waals surface area contributed by atoms with E-state index in [4.69, 9.17) is 5.26 Å². The van der Waals surface area contributed by atoms with Crippen LogP contribution in [0.3, 0.4) is 0 Å². The third kappa shape index (κ3) is 1.48. The van der Waals surface area contributed by atoms with Gasteiger partial charge in [0.2, 0.25) is 0 Å². The van der Waals surface area contributed by atoms with Crippen LogP contribution >= 0.6 is 0 Å². The van der Waals surface area contributed by atoms with Crippen molar-refractivity contribution >= 4 is 5.69 Å². The van der Waals surface area contributed by atoms with Gasteiger partial charge in [-0.05, 0) is 42.9 Å². The molecule has 0 atom stereocenters. The van der Waals surface area contributed by atoms with Crippen LogP contribution in [0, 0.1) is 16.7 Å². The normalized spacial score (nSPS) is 20.2. The van der Waals surface area contributed by atoms with Crippen LogP contribution in [0.5, 0.6) is 0 Å². The summed E-state index contributed by atoms with van der Waals surface area (Å²) >= 11 is 0. The summed E-state index contributed by atoms with van der Waals surface area (Å²) in [5, 5.41) is 12.4. The molecule has 2 aliphatic rings. The van der Waals surface area contributed by atoms with Gasteiger partial charge in [0.15, 0.2) is 0 Å². The van der Waals surface area contributed by atoms with Crippen molar-refractivity contribution in [2.24, 2.45) is 5.41 Å². The third-order valence-corrected chi connectivity index (χ3v) is 3.51. The number of anilines is 1. The van der Waals surface area contributed by atoms with Gasteiger partial charge in [-0.1, -0.05) is 12.1 Å². The number of nitrogens with zero attached hydrogens (tertiary/aromatic N) is 1. The summed E-state index contributed by atoms with van der Waals surface area (Å²) < 4.78 is 0. The molecule has 2 heteroatoms. The molecule has 0 radical (unpaired) electrons. The van der Waals surface area contributed by atoms with E-state index >= 15 is 0 Å². The fourth-order valence-electron chi connectivity index (χ4n) is 2.34. The van der Waals surface area contributed by atoms with Crippen LogP contribution in [-0.2, 0) is 12.8 Å². The van der Waals surface area contributed by atoms with E-state index in [0.29, 0.717) is 0 Å². The molecule has 0 unspecified atom stereocenters. The molecule has 1 aliphatic carbocycles. The van der Waals surface area contributed by atoms with Gasteiger partial charge in [-0.15, -0.1) is 0 Å². The zero-order chi connectivity index (χ0) is 10.3. The van der Waals surface area contributed by atoms with E-state index in [0.717, 1.165) is 32.2 Å². The van der Waals surface area contributed by atoms with Crippen LogP contribution in [0.2, 0.25) is 0 Å². The fourth-order valence-corrected chi connectivity index (χ4v) is 2.34. The minimum atomic E-state index is -0.0136. The molecule has 0 aromatic heterocycles. The van der Waals surface area contributed by atoms with Crippen molar-refractivity contribution in [1.29, 1.82) is 5.26 Å². The quantitative estimate of drug-likeness (QED) is 0.792. The van der Waals surface area contributed by atoms with Crippen LogP contribution in [0.25, 0.3) is 0 Å². The van der Waals surface area contributed by atoms with Crippen LogP contribution in [0.1, 0.15) is 24.0 Å². The van der Waals surface area contributed by atoms with Crippen molar-refractivity contribution in [3.8, 4) is 6.07 Å². The molecule has 1 aromatic carbocycles. The fraction of sp³-hybridized carbons (Fsp3) is 0.462. The topological polar surface area (TPSA) is 35.8 Å². The van der Waals surface area contributed by atoms with Crippen molar-refractivity contribution in [2.75, 3.05) is 11.9 Å². The lowest BCUT2D eigenvalue weighted by Crippen LogP contribution is -2.01. The first-order valence-electron chi connectivity index (χ1n) is 5.58. The number of fused-ring (bicyclic) bond motifs is 1. The van der Waals surface area contributed by atoms with Crippen LogP contribution in [0.15, 0.2) is 18.2 Å². The Balaban J connectivity index is 1.85. The second-order valence-corrected chi connectivity index (χ2v) is 4.74. The van der Waals surface area contributed by atoms with Crippen LogP contribution < -0.4 is 5.32 Å². The summed E-state index contributed by atoms with van der Waals surface area (Å²) in [7, 11) is 0. The first kappa shape index (κ1) is 8.79. The third-order valence-electron chi connectivity index (χ3n) is 3.51. The maximum absolute atomic E-state index is 9.05. The van der Waals surface area contributed by atoms with E-state index in [-0.39, 0.29) is 5.41 Å². The first-order chi connectivity index (χ1) is 7.31. The maximum Gasteiger partial charge on any atom is 0.0693 e. The zero-order valence-electron chi connectivity index (χ0n) is 8.71. The predicted molar refractivity (Wildman–Crippen MR) is 59.6 cm³/mol. The van der Waals surface area contributed by atoms with Gasteiger partial charge in [0.25, 0.3) is 0 Å². The van der Waals surface area contributed by atoms with E-state index in [1.54, 1.807) is 0 Å². The van der Waals surface area contributed by atoms with Gasteiger partial charge in [-0.25, -0.2) is 0 Å². The van der Waals surface area contributed by atoms with Crippen molar-refractivity contribution in [3.63, 3.8) is 0 Å². The number of hydrogen-bond donors (Lipinski definition) is 1. The highest BCUT2D eigenvalue weighted by Gasteiger charge is 2.42. The first-order valence-corrected chi connectivity index (χ1v) is 5.58. The molecule has 76 valence electrons. The summed E-state index contributed by atoms with van der Waals surface area (Å²) in [5.41, 5.74) is 4.01. The highest BCUT2D eigenvalue weighted by molar-refractivity contribution is 5.56. The smallest absolute Gasteiger partial charge is 0.0693 e.